The second-order valence-electron chi connectivity index (χ2n) is 7.38. The lowest BCUT2D eigenvalue weighted by Crippen LogP contribution is -2.40. The van der Waals surface area contributed by atoms with Crippen LogP contribution in [-0.2, 0) is 12.0 Å². The van der Waals surface area contributed by atoms with Crippen LogP contribution >= 0.6 is 0 Å². The summed E-state index contributed by atoms with van der Waals surface area (Å²) < 4.78 is 0. The molecule has 0 aliphatic carbocycles. The third-order valence-electron chi connectivity index (χ3n) is 5.34. The second-order valence-corrected chi connectivity index (χ2v) is 7.38. The number of nitrogens with one attached hydrogen (secondary N) is 2. The zero-order chi connectivity index (χ0) is 19.4. The molecule has 2 aromatic heterocycles. The fourth-order valence-corrected chi connectivity index (χ4v) is 3.80. The molecule has 0 bridgehead atoms. The number of aliphatic hydroxyl groups excluding tert-OH is 1. The van der Waals surface area contributed by atoms with Gasteiger partial charge in [-0.1, -0.05) is 48.5 Å². The first-order chi connectivity index (χ1) is 13.7. The molecule has 4 rings (SSSR count). The first-order valence-electron chi connectivity index (χ1n) is 9.75. The monoisotopic (exact) mass is 374 g/mol. The Balaban J connectivity index is 1.67. The molecule has 0 aliphatic heterocycles. The molecule has 5 nitrogen and oxygen atoms in total. The van der Waals surface area contributed by atoms with Gasteiger partial charge in [-0.05, 0) is 42.9 Å². The first kappa shape index (κ1) is 18.5. The predicted octanol–water partition coefficient (Wildman–Crippen LogP) is 4.12. The molecule has 5 N–H and O–H groups in total. The molecule has 0 spiro atoms. The van der Waals surface area contributed by atoms with Gasteiger partial charge in [0.1, 0.15) is 5.82 Å². The van der Waals surface area contributed by atoms with Crippen molar-refractivity contribution in [2.45, 2.75) is 31.2 Å². The zero-order valence-electron chi connectivity index (χ0n) is 15.9. The van der Waals surface area contributed by atoms with E-state index in [1.165, 1.54) is 10.9 Å². The Labute approximate surface area is 164 Å². The van der Waals surface area contributed by atoms with Crippen LogP contribution in [0.5, 0.6) is 0 Å². The summed E-state index contributed by atoms with van der Waals surface area (Å²) in [5.41, 5.74) is 10.7. The molecule has 0 amide bonds. The number of nitrogens with two attached hydrogens (primary N) is 1. The van der Waals surface area contributed by atoms with E-state index in [0.717, 1.165) is 41.9 Å². The molecule has 0 aliphatic rings. The van der Waals surface area contributed by atoms with E-state index >= 15 is 0 Å². The summed E-state index contributed by atoms with van der Waals surface area (Å²) in [5.74, 6) is 0.787. The Kier molecular flexibility index (Phi) is 5.28. The summed E-state index contributed by atoms with van der Waals surface area (Å²) >= 11 is 0. The molecule has 1 atom stereocenters. The Hall–Kier alpha value is -2.89. The van der Waals surface area contributed by atoms with Crippen LogP contribution in [0.2, 0.25) is 0 Å². The van der Waals surface area contributed by atoms with Crippen LogP contribution in [0.25, 0.3) is 22.2 Å². The van der Waals surface area contributed by atoms with Crippen molar-refractivity contribution in [3.8, 4) is 11.3 Å². The highest BCUT2D eigenvalue weighted by atomic mass is 16.2. The maximum atomic E-state index is 9.22. The van der Waals surface area contributed by atoms with Gasteiger partial charge in [0, 0.05) is 23.7 Å². The lowest BCUT2D eigenvalue weighted by molar-refractivity contribution is 0.270. The van der Waals surface area contributed by atoms with Crippen molar-refractivity contribution >= 4 is 10.9 Å². The number of benzene rings is 2. The zero-order valence-corrected chi connectivity index (χ0v) is 15.9. The quantitative estimate of drug-likeness (QED) is 0.350. The van der Waals surface area contributed by atoms with Crippen molar-refractivity contribution < 1.29 is 5.11 Å². The van der Waals surface area contributed by atoms with Crippen molar-refractivity contribution in [1.82, 2.24) is 15.0 Å². The van der Waals surface area contributed by atoms with Crippen LogP contribution in [0.15, 0.2) is 67.0 Å². The fraction of sp³-hybridized carbons (Fsp3) is 0.261. The summed E-state index contributed by atoms with van der Waals surface area (Å²) in [5, 5.41) is 10.4. The standard InChI is InChI=1S/C23H26N4O/c24-23(12-6-7-13-28,14-18-15-25-20-11-5-4-10-19(18)20)22-26-16-21(27-22)17-8-2-1-3-9-17/h1-5,8-11,15-16,25,28H,6-7,12-14,24H2,(H,26,27)/t23-/m0/s1. The van der Waals surface area contributed by atoms with E-state index in [1.54, 1.807) is 0 Å². The molecular formula is C23H26N4O. The van der Waals surface area contributed by atoms with Gasteiger partial charge in [0.05, 0.1) is 17.4 Å². The molecule has 0 saturated heterocycles. The van der Waals surface area contributed by atoms with Crippen molar-refractivity contribution in [2.75, 3.05) is 6.61 Å². The van der Waals surface area contributed by atoms with Crippen LogP contribution in [0.3, 0.4) is 0 Å². The van der Waals surface area contributed by atoms with Gasteiger partial charge in [0.25, 0.3) is 0 Å². The van der Waals surface area contributed by atoms with E-state index in [2.05, 4.69) is 39.2 Å². The minimum absolute atomic E-state index is 0.177. The van der Waals surface area contributed by atoms with E-state index in [4.69, 9.17) is 5.73 Å². The summed E-state index contributed by atoms with van der Waals surface area (Å²) in [4.78, 5) is 11.4. The number of hydrogen-bond acceptors (Lipinski definition) is 3. The summed E-state index contributed by atoms with van der Waals surface area (Å²) in [7, 11) is 0. The number of imidazole rings is 1. The van der Waals surface area contributed by atoms with Gasteiger partial charge in [-0.2, -0.15) is 0 Å². The van der Waals surface area contributed by atoms with Crippen molar-refractivity contribution in [1.29, 1.82) is 0 Å². The highest BCUT2D eigenvalue weighted by Gasteiger charge is 2.31. The van der Waals surface area contributed by atoms with E-state index in [0.29, 0.717) is 6.42 Å². The Morgan fingerprint density at radius 2 is 1.79 bits per heavy atom. The SMILES string of the molecule is N[C@@](CCCCO)(Cc1c[nH]c2ccccc12)c1ncc(-c2ccccc2)[nH]1. The Morgan fingerprint density at radius 3 is 2.61 bits per heavy atom. The van der Waals surface area contributed by atoms with Gasteiger partial charge in [0.15, 0.2) is 0 Å². The summed E-state index contributed by atoms with van der Waals surface area (Å²) in [6, 6.07) is 18.4. The number of H-pyrrole nitrogens is 2. The molecule has 0 radical (unpaired) electrons. The van der Waals surface area contributed by atoms with E-state index in [9.17, 15) is 5.11 Å². The average Bonchev–Trinajstić information content (AvgIpc) is 3.37. The summed E-state index contributed by atoms with van der Waals surface area (Å²) in [6.07, 6.45) is 6.89. The molecule has 2 heterocycles. The topological polar surface area (TPSA) is 90.7 Å². The molecule has 0 fully saturated rings. The number of fused-ring (bicyclic) bond motifs is 1. The maximum absolute atomic E-state index is 9.22. The van der Waals surface area contributed by atoms with Crippen molar-refractivity contribution in [3.05, 3.63) is 78.4 Å². The number of unbranched alkanes of at least 4 members (excludes halogenated alkanes) is 1. The molecule has 5 heteroatoms. The van der Waals surface area contributed by atoms with Crippen LogP contribution < -0.4 is 5.73 Å². The van der Waals surface area contributed by atoms with Crippen LogP contribution in [0.1, 0.15) is 30.7 Å². The second kappa shape index (κ2) is 8.00. The Bertz CT molecular complexity index is 1040. The lowest BCUT2D eigenvalue weighted by Gasteiger charge is -2.27. The smallest absolute Gasteiger partial charge is 0.127 e. The normalized spacial score (nSPS) is 13.6. The highest BCUT2D eigenvalue weighted by molar-refractivity contribution is 5.83. The molecular weight excluding hydrogens is 348 g/mol. The lowest BCUT2D eigenvalue weighted by atomic mass is 9.86. The molecule has 2 aromatic carbocycles. The highest BCUT2D eigenvalue weighted by Crippen LogP contribution is 2.31. The Morgan fingerprint density at radius 1 is 1.00 bits per heavy atom. The minimum atomic E-state index is -0.632. The van der Waals surface area contributed by atoms with Gasteiger partial charge < -0.3 is 20.8 Å². The van der Waals surface area contributed by atoms with Crippen LogP contribution in [0, 0.1) is 0 Å². The van der Waals surface area contributed by atoms with Gasteiger partial charge >= 0.3 is 0 Å². The van der Waals surface area contributed by atoms with Crippen molar-refractivity contribution in [3.63, 3.8) is 0 Å². The van der Waals surface area contributed by atoms with E-state index < -0.39 is 5.54 Å². The minimum Gasteiger partial charge on any atom is -0.396 e. The van der Waals surface area contributed by atoms with E-state index in [1.807, 2.05) is 42.7 Å². The number of rotatable bonds is 8. The number of hydrogen-bond donors (Lipinski definition) is 4. The predicted molar refractivity (Wildman–Crippen MR) is 113 cm³/mol. The molecule has 0 saturated carbocycles. The number of aromatic nitrogens is 3. The third kappa shape index (κ3) is 3.72. The van der Waals surface area contributed by atoms with E-state index in [-0.39, 0.29) is 6.61 Å². The molecule has 144 valence electrons. The van der Waals surface area contributed by atoms with Crippen LogP contribution in [0.4, 0.5) is 0 Å². The molecule has 0 unspecified atom stereocenters. The van der Waals surface area contributed by atoms with Gasteiger partial charge in [-0.25, -0.2) is 4.98 Å². The molecule has 28 heavy (non-hydrogen) atoms. The number of para-hydroxylation sites is 1. The fourth-order valence-electron chi connectivity index (χ4n) is 3.80. The number of aliphatic hydroxyl groups is 1. The summed E-state index contributed by atoms with van der Waals surface area (Å²) in [6.45, 7) is 0.177. The first-order valence-corrected chi connectivity index (χ1v) is 9.75. The van der Waals surface area contributed by atoms with Crippen LogP contribution in [-0.4, -0.2) is 26.7 Å². The largest absolute Gasteiger partial charge is 0.396 e. The number of nitrogens with zero attached hydrogens (tertiary/aromatic N) is 1. The third-order valence-corrected chi connectivity index (χ3v) is 5.34. The van der Waals surface area contributed by atoms with Gasteiger partial charge in [-0.15, -0.1) is 0 Å². The van der Waals surface area contributed by atoms with Gasteiger partial charge in [-0.3, -0.25) is 0 Å². The number of aromatic amines is 2. The molecule has 4 aromatic rings. The average molecular weight is 374 g/mol. The van der Waals surface area contributed by atoms with Crippen molar-refractivity contribution in [2.24, 2.45) is 5.73 Å². The van der Waals surface area contributed by atoms with Gasteiger partial charge in [0.2, 0.25) is 0 Å². The maximum Gasteiger partial charge on any atom is 0.127 e.